The molecule has 1 saturated heterocycles. The smallest absolute Gasteiger partial charge is 0.254 e. The number of aromatic nitrogens is 2. The number of benzene rings is 1. The average Bonchev–Trinajstić information content (AvgIpc) is 2.73. The number of rotatable bonds is 2. The minimum atomic E-state index is -0.0171. The molecule has 142 valence electrons. The van der Waals surface area contributed by atoms with Gasteiger partial charge in [-0.25, -0.2) is 4.98 Å². The summed E-state index contributed by atoms with van der Waals surface area (Å²) in [5.74, 6) is 0.0357. The highest BCUT2D eigenvalue weighted by Gasteiger charge is 2.25. The van der Waals surface area contributed by atoms with Crippen LogP contribution in [0.3, 0.4) is 0 Å². The van der Waals surface area contributed by atoms with Gasteiger partial charge in [0.15, 0.2) is 0 Å². The minimum Gasteiger partial charge on any atom is -0.339 e. The van der Waals surface area contributed by atoms with E-state index >= 15 is 0 Å². The van der Waals surface area contributed by atoms with Crippen LogP contribution in [-0.2, 0) is 4.79 Å². The Morgan fingerprint density at radius 2 is 1.61 bits per heavy atom. The lowest BCUT2D eigenvalue weighted by atomic mass is 10.0. The van der Waals surface area contributed by atoms with Crippen LogP contribution in [0, 0.1) is 6.92 Å². The van der Waals surface area contributed by atoms with Gasteiger partial charge in [-0.3, -0.25) is 14.6 Å². The van der Waals surface area contributed by atoms with Crippen LogP contribution in [0.15, 0.2) is 48.8 Å². The Bertz CT molecular complexity index is 1040. The molecule has 0 saturated carbocycles. The van der Waals surface area contributed by atoms with E-state index in [9.17, 15) is 9.59 Å². The lowest BCUT2D eigenvalue weighted by Crippen LogP contribution is -2.50. The molecule has 28 heavy (non-hydrogen) atoms. The number of fused-ring (bicyclic) bond motifs is 1. The first-order valence-corrected chi connectivity index (χ1v) is 9.39. The number of hydrogen-bond acceptors (Lipinski definition) is 4. The van der Waals surface area contributed by atoms with Crippen LogP contribution in [0.25, 0.3) is 22.2 Å². The number of carbonyl (C=O) groups excluding carboxylic acids is 2. The first-order chi connectivity index (χ1) is 13.5. The Labute approximate surface area is 163 Å². The first kappa shape index (κ1) is 18.1. The Hall–Kier alpha value is -3.28. The van der Waals surface area contributed by atoms with Crippen LogP contribution < -0.4 is 0 Å². The van der Waals surface area contributed by atoms with Gasteiger partial charge in [0.2, 0.25) is 5.91 Å². The van der Waals surface area contributed by atoms with Gasteiger partial charge in [-0.05, 0) is 37.3 Å². The molecule has 0 N–H and O–H groups in total. The van der Waals surface area contributed by atoms with Gasteiger partial charge in [0, 0.05) is 56.4 Å². The molecular weight excluding hydrogens is 352 g/mol. The highest BCUT2D eigenvalue weighted by molar-refractivity contribution is 6.07. The molecule has 6 nitrogen and oxygen atoms in total. The van der Waals surface area contributed by atoms with Gasteiger partial charge in [-0.15, -0.1) is 0 Å². The summed E-state index contributed by atoms with van der Waals surface area (Å²) in [4.78, 5) is 37.4. The lowest BCUT2D eigenvalue weighted by molar-refractivity contribution is -0.130. The van der Waals surface area contributed by atoms with Crippen molar-refractivity contribution in [3.63, 3.8) is 0 Å². The molecule has 0 radical (unpaired) electrons. The third-order valence-electron chi connectivity index (χ3n) is 5.18. The van der Waals surface area contributed by atoms with Crippen molar-refractivity contribution in [2.45, 2.75) is 13.8 Å². The molecule has 3 aromatic rings. The second-order valence-electron chi connectivity index (χ2n) is 7.11. The second-order valence-corrected chi connectivity index (χ2v) is 7.11. The molecule has 6 heteroatoms. The molecule has 0 unspecified atom stereocenters. The standard InChI is InChI=1S/C22H22N4O2/c1-15-3-4-20-18(13-15)19(14-21(24-20)17-5-7-23-8-6-17)22(28)26-11-9-25(10-12-26)16(2)27/h3-8,13-14H,9-12H2,1-2H3. The summed E-state index contributed by atoms with van der Waals surface area (Å²) < 4.78 is 0. The molecule has 2 amide bonds. The Morgan fingerprint density at radius 3 is 2.29 bits per heavy atom. The number of aryl methyl sites for hydroxylation is 1. The van der Waals surface area contributed by atoms with E-state index in [0.717, 1.165) is 27.7 Å². The number of carbonyl (C=O) groups is 2. The van der Waals surface area contributed by atoms with Crippen molar-refractivity contribution in [2.75, 3.05) is 26.2 Å². The normalized spacial score (nSPS) is 14.4. The molecule has 4 rings (SSSR count). The average molecular weight is 374 g/mol. The number of hydrogen-bond donors (Lipinski definition) is 0. The molecule has 0 spiro atoms. The molecule has 0 aliphatic carbocycles. The van der Waals surface area contributed by atoms with Gasteiger partial charge in [0.05, 0.1) is 16.8 Å². The minimum absolute atomic E-state index is 0.0171. The van der Waals surface area contributed by atoms with E-state index in [1.807, 2.05) is 48.2 Å². The van der Waals surface area contributed by atoms with E-state index in [4.69, 9.17) is 4.98 Å². The van der Waals surface area contributed by atoms with Gasteiger partial charge < -0.3 is 9.80 Å². The van der Waals surface area contributed by atoms with Gasteiger partial charge >= 0.3 is 0 Å². The molecule has 2 aromatic heterocycles. The maximum absolute atomic E-state index is 13.4. The van der Waals surface area contributed by atoms with E-state index < -0.39 is 0 Å². The molecule has 0 bridgehead atoms. The van der Waals surface area contributed by atoms with Crippen molar-refractivity contribution >= 4 is 22.7 Å². The van der Waals surface area contributed by atoms with Crippen molar-refractivity contribution in [1.82, 2.24) is 19.8 Å². The number of amides is 2. The monoisotopic (exact) mass is 374 g/mol. The highest BCUT2D eigenvalue weighted by Crippen LogP contribution is 2.26. The van der Waals surface area contributed by atoms with Crippen LogP contribution >= 0.6 is 0 Å². The van der Waals surface area contributed by atoms with Crippen LogP contribution in [0.2, 0.25) is 0 Å². The van der Waals surface area contributed by atoms with Crippen molar-refractivity contribution in [3.05, 3.63) is 59.9 Å². The van der Waals surface area contributed by atoms with Gasteiger partial charge in [0.25, 0.3) is 5.91 Å². The summed E-state index contributed by atoms with van der Waals surface area (Å²) in [7, 11) is 0. The van der Waals surface area contributed by atoms with Crippen LogP contribution in [0.5, 0.6) is 0 Å². The van der Waals surface area contributed by atoms with E-state index in [0.29, 0.717) is 31.7 Å². The van der Waals surface area contributed by atoms with E-state index in [1.54, 1.807) is 24.2 Å². The molecule has 0 atom stereocenters. The summed E-state index contributed by atoms with van der Waals surface area (Å²) in [6.07, 6.45) is 3.44. The highest BCUT2D eigenvalue weighted by atomic mass is 16.2. The Kier molecular flexibility index (Phi) is 4.77. The van der Waals surface area contributed by atoms with Crippen molar-refractivity contribution < 1.29 is 9.59 Å². The zero-order chi connectivity index (χ0) is 19.7. The maximum atomic E-state index is 13.4. The maximum Gasteiger partial charge on any atom is 0.254 e. The first-order valence-electron chi connectivity index (χ1n) is 9.39. The van der Waals surface area contributed by atoms with Gasteiger partial charge in [0.1, 0.15) is 0 Å². The van der Waals surface area contributed by atoms with Crippen LogP contribution in [-0.4, -0.2) is 57.8 Å². The molecule has 1 aliphatic rings. The van der Waals surface area contributed by atoms with Gasteiger partial charge in [-0.1, -0.05) is 11.6 Å². The fourth-order valence-electron chi connectivity index (χ4n) is 3.58. The van der Waals surface area contributed by atoms with E-state index in [1.165, 1.54) is 0 Å². The third kappa shape index (κ3) is 3.45. The molecule has 1 aromatic carbocycles. The van der Waals surface area contributed by atoms with Crippen LogP contribution in [0.4, 0.5) is 0 Å². The largest absolute Gasteiger partial charge is 0.339 e. The van der Waals surface area contributed by atoms with E-state index in [2.05, 4.69) is 4.98 Å². The zero-order valence-electron chi connectivity index (χ0n) is 16.1. The molecule has 1 fully saturated rings. The summed E-state index contributed by atoms with van der Waals surface area (Å²) in [5.41, 5.74) is 4.21. The van der Waals surface area contributed by atoms with Crippen molar-refractivity contribution in [1.29, 1.82) is 0 Å². The number of pyridine rings is 2. The zero-order valence-corrected chi connectivity index (χ0v) is 16.1. The summed E-state index contributed by atoms with van der Waals surface area (Å²) in [6.45, 7) is 5.80. The predicted molar refractivity (Wildman–Crippen MR) is 108 cm³/mol. The fraction of sp³-hybridized carbons (Fsp3) is 0.273. The topological polar surface area (TPSA) is 66.4 Å². The summed E-state index contributed by atoms with van der Waals surface area (Å²) >= 11 is 0. The van der Waals surface area contributed by atoms with Crippen LogP contribution in [0.1, 0.15) is 22.8 Å². The summed E-state index contributed by atoms with van der Waals surface area (Å²) in [6, 6.07) is 11.6. The number of piperazine rings is 1. The quantitative estimate of drug-likeness (QED) is 0.692. The fourth-order valence-corrected chi connectivity index (χ4v) is 3.58. The SMILES string of the molecule is CC(=O)N1CCN(C(=O)c2cc(-c3ccncc3)nc3ccc(C)cc23)CC1. The molecular formula is C22H22N4O2. The number of nitrogens with zero attached hydrogens (tertiary/aromatic N) is 4. The lowest BCUT2D eigenvalue weighted by Gasteiger charge is -2.34. The van der Waals surface area contributed by atoms with Crippen molar-refractivity contribution in [2.24, 2.45) is 0 Å². The summed E-state index contributed by atoms with van der Waals surface area (Å²) in [5, 5.41) is 0.858. The second kappa shape index (κ2) is 7.38. The van der Waals surface area contributed by atoms with Crippen molar-refractivity contribution in [3.8, 4) is 11.3 Å². The molecule has 1 aliphatic heterocycles. The third-order valence-corrected chi connectivity index (χ3v) is 5.18. The molecule has 3 heterocycles. The predicted octanol–water partition coefficient (Wildman–Crippen LogP) is 2.91. The van der Waals surface area contributed by atoms with E-state index in [-0.39, 0.29) is 11.8 Å². The Morgan fingerprint density at radius 1 is 0.929 bits per heavy atom. The van der Waals surface area contributed by atoms with Gasteiger partial charge in [-0.2, -0.15) is 0 Å². The Balaban J connectivity index is 1.75.